The summed E-state index contributed by atoms with van der Waals surface area (Å²) in [6.07, 6.45) is 0. The quantitative estimate of drug-likeness (QED) is 0.602. The minimum Gasteiger partial charge on any atom is -0.497 e. The summed E-state index contributed by atoms with van der Waals surface area (Å²) in [5.41, 5.74) is 4.22. The van der Waals surface area contributed by atoms with E-state index in [1.807, 2.05) is 32.0 Å². The first-order chi connectivity index (χ1) is 14.2. The van der Waals surface area contributed by atoms with Crippen LogP contribution in [0.3, 0.4) is 0 Å². The zero-order chi connectivity index (χ0) is 21.9. The van der Waals surface area contributed by atoms with E-state index in [0.717, 1.165) is 11.1 Å². The Morgan fingerprint density at radius 3 is 2.07 bits per heavy atom. The summed E-state index contributed by atoms with van der Waals surface area (Å²) in [4.78, 5) is 12.8. The smallest absolute Gasteiger partial charge is 0.261 e. The second-order valence-corrected chi connectivity index (χ2v) is 8.75. The molecule has 0 aliphatic rings. The monoisotopic (exact) mass is 424 g/mol. The molecule has 0 spiro atoms. The summed E-state index contributed by atoms with van der Waals surface area (Å²) in [5.74, 6) is 0.260. The van der Waals surface area contributed by atoms with Crippen LogP contribution < -0.4 is 14.8 Å². The Morgan fingerprint density at radius 2 is 1.43 bits per heavy atom. The minimum absolute atomic E-state index is 0.00848. The Hall–Kier alpha value is -3.32. The standard InChI is InChI=1S/C23H24N2O4S/c1-15-5-7-19(13-17(15)3)24-23(26)22-14-21(12-6-16(22)2)30(27,28)25-18-8-10-20(29-4)11-9-18/h5-14,25H,1-4H3,(H,24,26). The first-order valence-corrected chi connectivity index (χ1v) is 10.8. The van der Waals surface area contributed by atoms with Gasteiger partial charge in [-0.15, -0.1) is 0 Å². The van der Waals surface area contributed by atoms with E-state index < -0.39 is 10.0 Å². The van der Waals surface area contributed by atoms with Crippen molar-refractivity contribution in [1.82, 2.24) is 0 Å². The number of carbonyl (C=O) groups excluding carboxylic acids is 1. The van der Waals surface area contributed by atoms with Crippen LogP contribution in [0.1, 0.15) is 27.0 Å². The topological polar surface area (TPSA) is 84.5 Å². The van der Waals surface area contributed by atoms with Gasteiger partial charge in [-0.05, 0) is 86.0 Å². The summed E-state index contributed by atoms with van der Waals surface area (Å²) in [6, 6.07) is 16.7. The lowest BCUT2D eigenvalue weighted by Gasteiger charge is -2.13. The zero-order valence-electron chi connectivity index (χ0n) is 17.3. The van der Waals surface area contributed by atoms with Crippen molar-refractivity contribution in [2.45, 2.75) is 25.7 Å². The molecule has 0 saturated carbocycles. The van der Waals surface area contributed by atoms with Gasteiger partial charge in [0.05, 0.1) is 12.0 Å². The number of anilines is 2. The summed E-state index contributed by atoms with van der Waals surface area (Å²) in [7, 11) is -2.32. The molecule has 0 heterocycles. The summed E-state index contributed by atoms with van der Waals surface area (Å²) < 4.78 is 33.2. The molecule has 2 N–H and O–H groups in total. The average molecular weight is 425 g/mol. The zero-order valence-corrected chi connectivity index (χ0v) is 18.1. The highest BCUT2D eigenvalue weighted by atomic mass is 32.2. The predicted octanol–water partition coefficient (Wildman–Crippen LogP) is 4.67. The number of hydrogen-bond acceptors (Lipinski definition) is 4. The molecular formula is C23H24N2O4S. The van der Waals surface area contributed by atoms with Crippen LogP contribution in [0.15, 0.2) is 65.6 Å². The van der Waals surface area contributed by atoms with Crippen molar-refractivity contribution in [3.05, 3.63) is 82.9 Å². The van der Waals surface area contributed by atoms with E-state index >= 15 is 0 Å². The molecule has 0 aromatic heterocycles. The molecule has 7 heteroatoms. The van der Waals surface area contributed by atoms with Gasteiger partial charge in [0, 0.05) is 16.9 Å². The molecular weight excluding hydrogens is 400 g/mol. The largest absolute Gasteiger partial charge is 0.497 e. The fraction of sp³-hybridized carbons (Fsp3) is 0.174. The van der Waals surface area contributed by atoms with Gasteiger partial charge in [-0.25, -0.2) is 8.42 Å². The molecule has 0 aliphatic carbocycles. The number of methoxy groups -OCH3 is 1. The lowest BCUT2D eigenvalue weighted by Crippen LogP contribution is -2.17. The van der Waals surface area contributed by atoms with E-state index in [2.05, 4.69) is 10.0 Å². The fourth-order valence-electron chi connectivity index (χ4n) is 2.90. The fourth-order valence-corrected chi connectivity index (χ4v) is 3.99. The van der Waals surface area contributed by atoms with Crippen LogP contribution in [0, 0.1) is 20.8 Å². The number of hydrogen-bond donors (Lipinski definition) is 2. The van der Waals surface area contributed by atoms with Crippen LogP contribution in [-0.4, -0.2) is 21.4 Å². The predicted molar refractivity (Wildman–Crippen MR) is 119 cm³/mol. The molecule has 30 heavy (non-hydrogen) atoms. The van der Waals surface area contributed by atoms with Gasteiger partial charge in [0.1, 0.15) is 5.75 Å². The number of carbonyl (C=O) groups is 1. The van der Waals surface area contributed by atoms with Crippen molar-refractivity contribution < 1.29 is 17.9 Å². The number of amides is 1. The van der Waals surface area contributed by atoms with E-state index in [4.69, 9.17) is 4.74 Å². The van der Waals surface area contributed by atoms with Gasteiger partial charge in [-0.2, -0.15) is 0 Å². The molecule has 3 aromatic carbocycles. The lowest BCUT2D eigenvalue weighted by molar-refractivity contribution is 0.102. The molecule has 156 valence electrons. The first kappa shape index (κ1) is 21.4. The molecule has 0 saturated heterocycles. The lowest BCUT2D eigenvalue weighted by atomic mass is 10.1. The molecule has 1 amide bonds. The third kappa shape index (κ3) is 4.80. The molecule has 0 unspecified atom stereocenters. The number of nitrogens with one attached hydrogen (secondary N) is 2. The molecule has 0 aliphatic heterocycles. The van der Waals surface area contributed by atoms with Crippen LogP contribution >= 0.6 is 0 Å². The Labute approximate surface area is 177 Å². The number of benzene rings is 3. The van der Waals surface area contributed by atoms with Crippen molar-refractivity contribution in [3.8, 4) is 5.75 Å². The summed E-state index contributed by atoms with van der Waals surface area (Å²) >= 11 is 0. The van der Waals surface area contributed by atoms with Crippen molar-refractivity contribution in [3.63, 3.8) is 0 Å². The molecule has 0 radical (unpaired) electrons. The maximum absolute atomic E-state index is 12.8. The number of aryl methyl sites for hydroxylation is 3. The van der Waals surface area contributed by atoms with E-state index in [1.54, 1.807) is 37.3 Å². The average Bonchev–Trinajstić information content (AvgIpc) is 2.71. The van der Waals surface area contributed by atoms with Crippen LogP contribution in [-0.2, 0) is 10.0 Å². The third-order valence-corrected chi connectivity index (χ3v) is 6.25. The summed E-state index contributed by atoms with van der Waals surface area (Å²) in [6.45, 7) is 5.73. The van der Waals surface area contributed by atoms with Crippen LogP contribution in [0.25, 0.3) is 0 Å². The number of rotatable bonds is 6. The highest BCUT2D eigenvalue weighted by Gasteiger charge is 2.18. The molecule has 3 rings (SSSR count). The second-order valence-electron chi connectivity index (χ2n) is 7.06. The normalized spacial score (nSPS) is 11.1. The van der Waals surface area contributed by atoms with E-state index in [9.17, 15) is 13.2 Å². The minimum atomic E-state index is -3.86. The highest BCUT2D eigenvalue weighted by Crippen LogP contribution is 2.22. The molecule has 0 bridgehead atoms. The number of ether oxygens (including phenoxy) is 1. The third-order valence-electron chi connectivity index (χ3n) is 4.87. The van der Waals surface area contributed by atoms with E-state index in [1.165, 1.54) is 19.2 Å². The maximum atomic E-state index is 12.8. The molecule has 3 aromatic rings. The molecule has 0 fully saturated rings. The van der Waals surface area contributed by atoms with Crippen LogP contribution in [0.5, 0.6) is 5.75 Å². The van der Waals surface area contributed by atoms with E-state index in [-0.39, 0.29) is 10.8 Å². The Kier molecular flexibility index (Phi) is 6.12. The SMILES string of the molecule is COc1ccc(NS(=O)(=O)c2ccc(C)c(C(=O)Nc3ccc(C)c(C)c3)c2)cc1. The van der Waals surface area contributed by atoms with Gasteiger partial charge in [0.25, 0.3) is 15.9 Å². The van der Waals surface area contributed by atoms with Crippen molar-refractivity contribution in [2.75, 3.05) is 17.1 Å². The highest BCUT2D eigenvalue weighted by molar-refractivity contribution is 7.92. The van der Waals surface area contributed by atoms with Gasteiger partial charge in [-0.3, -0.25) is 9.52 Å². The first-order valence-electron chi connectivity index (χ1n) is 9.36. The van der Waals surface area contributed by atoms with Crippen molar-refractivity contribution in [1.29, 1.82) is 0 Å². The maximum Gasteiger partial charge on any atom is 0.261 e. The van der Waals surface area contributed by atoms with Gasteiger partial charge >= 0.3 is 0 Å². The van der Waals surface area contributed by atoms with Gasteiger partial charge < -0.3 is 10.1 Å². The molecule has 6 nitrogen and oxygen atoms in total. The van der Waals surface area contributed by atoms with Crippen molar-refractivity contribution >= 4 is 27.3 Å². The molecule has 0 atom stereocenters. The van der Waals surface area contributed by atoms with Gasteiger partial charge in [-0.1, -0.05) is 12.1 Å². The second kappa shape index (κ2) is 8.59. The Morgan fingerprint density at radius 1 is 0.800 bits per heavy atom. The Balaban J connectivity index is 1.85. The Bertz CT molecular complexity index is 1190. The van der Waals surface area contributed by atoms with Crippen LogP contribution in [0.2, 0.25) is 0 Å². The van der Waals surface area contributed by atoms with Crippen molar-refractivity contribution in [2.24, 2.45) is 0 Å². The summed E-state index contributed by atoms with van der Waals surface area (Å²) in [5, 5.41) is 2.84. The van der Waals surface area contributed by atoms with Gasteiger partial charge in [0.2, 0.25) is 0 Å². The van der Waals surface area contributed by atoms with Crippen LogP contribution in [0.4, 0.5) is 11.4 Å². The van der Waals surface area contributed by atoms with E-state index in [0.29, 0.717) is 28.3 Å². The number of sulfonamides is 1. The van der Waals surface area contributed by atoms with Gasteiger partial charge in [0.15, 0.2) is 0 Å².